The lowest BCUT2D eigenvalue weighted by Crippen LogP contribution is -2.40. The van der Waals surface area contributed by atoms with Gasteiger partial charge in [-0.15, -0.1) is 11.3 Å². The molecule has 0 N–H and O–H groups in total. The van der Waals surface area contributed by atoms with Crippen LogP contribution in [0.1, 0.15) is 71.8 Å². The van der Waals surface area contributed by atoms with E-state index in [0.717, 1.165) is 22.0 Å². The number of carbonyl (C=O) groups is 1. The number of alkyl halides is 4. The number of likely N-dealkylation sites (tertiary alicyclic amines) is 1. The molecule has 0 aliphatic carbocycles. The van der Waals surface area contributed by atoms with Crippen molar-refractivity contribution in [3.05, 3.63) is 69.4 Å². The van der Waals surface area contributed by atoms with E-state index in [0.29, 0.717) is 43.1 Å². The van der Waals surface area contributed by atoms with Crippen LogP contribution < -0.4 is 0 Å². The fourth-order valence-corrected chi connectivity index (χ4v) is 5.45. The van der Waals surface area contributed by atoms with E-state index < -0.39 is 36.7 Å². The molecule has 5 rings (SSSR count). The van der Waals surface area contributed by atoms with Crippen molar-refractivity contribution in [1.29, 1.82) is 0 Å². The SMILES string of the molecule is O=C(Cn1nc(C(F)F)cc1C(F)F)N1CCC(c2nc(C3=NOC(c4ccccc4)C3)cs2)CC1. The van der Waals surface area contributed by atoms with E-state index in [-0.39, 0.29) is 12.0 Å². The molecular weight excluding hydrogens is 498 g/mol. The van der Waals surface area contributed by atoms with E-state index >= 15 is 0 Å². The molecule has 0 radical (unpaired) electrons. The predicted molar refractivity (Wildman–Crippen MR) is 124 cm³/mol. The van der Waals surface area contributed by atoms with Gasteiger partial charge in [0.1, 0.15) is 23.6 Å². The molecule has 12 heteroatoms. The first-order valence-electron chi connectivity index (χ1n) is 11.5. The largest absolute Gasteiger partial charge is 0.387 e. The monoisotopic (exact) mass is 521 g/mol. The maximum absolute atomic E-state index is 13.2. The lowest BCUT2D eigenvalue weighted by atomic mass is 9.97. The van der Waals surface area contributed by atoms with Crippen molar-refractivity contribution in [2.24, 2.45) is 5.16 Å². The van der Waals surface area contributed by atoms with E-state index in [1.807, 2.05) is 35.7 Å². The molecule has 3 aromatic rings. The Balaban J connectivity index is 1.16. The van der Waals surface area contributed by atoms with Crippen LogP contribution in [0.5, 0.6) is 0 Å². The molecule has 1 saturated heterocycles. The summed E-state index contributed by atoms with van der Waals surface area (Å²) >= 11 is 1.54. The van der Waals surface area contributed by atoms with E-state index in [1.165, 1.54) is 0 Å². The van der Waals surface area contributed by atoms with Gasteiger partial charge in [-0.05, 0) is 24.5 Å². The number of aromatic nitrogens is 3. The maximum Gasteiger partial charge on any atom is 0.282 e. The Labute approximate surface area is 208 Å². The molecule has 190 valence electrons. The Morgan fingerprint density at radius 2 is 1.86 bits per heavy atom. The summed E-state index contributed by atoms with van der Waals surface area (Å²) in [5.74, 6) is -0.268. The van der Waals surface area contributed by atoms with Gasteiger partial charge >= 0.3 is 0 Å². The number of hydrogen-bond acceptors (Lipinski definition) is 6. The average Bonchev–Trinajstić information content (AvgIpc) is 3.64. The van der Waals surface area contributed by atoms with Gasteiger partial charge in [0.25, 0.3) is 12.9 Å². The topological polar surface area (TPSA) is 72.6 Å². The number of thiazole rings is 1. The van der Waals surface area contributed by atoms with Crippen molar-refractivity contribution in [3.8, 4) is 0 Å². The number of halogens is 4. The van der Waals surface area contributed by atoms with E-state index in [9.17, 15) is 22.4 Å². The summed E-state index contributed by atoms with van der Waals surface area (Å²) in [4.78, 5) is 24.6. The molecule has 4 heterocycles. The van der Waals surface area contributed by atoms with Gasteiger partial charge in [0.05, 0.1) is 10.7 Å². The summed E-state index contributed by atoms with van der Waals surface area (Å²) in [6.07, 6.45) is -4.14. The Morgan fingerprint density at radius 3 is 2.56 bits per heavy atom. The Bertz CT molecular complexity index is 1240. The summed E-state index contributed by atoms with van der Waals surface area (Å²) in [7, 11) is 0. The number of nitrogens with zero attached hydrogens (tertiary/aromatic N) is 5. The summed E-state index contributed by atoms with van der Waals surface area (Å²) < 4.78 is 52.9. The van der Waals surface area contributed by atoms with Crippen LogP contribution in [0.2, 0.25) is 0 Å². The van der Waals surface area contributed by atoms with Crippen LogP contribution >= 0.6 is 11.3 Å². The number of rotatable bonds is 7. The number of benzene rings is 1. The quantitative estimate of drug-likeness (QED) is 0.386. The Morgan fingerprint density at radius 1 is 1.11 bits per heavy atom. The minimum absolute atomic E-state index is 0.127. The molecule has 1 unspecified atom stereocenters. The smallest absolute Gasteiger partial charge is 0.282 e. The van der Waals surface area contributed by atoms with Gasteiger partial charge < -0.3 is 9.74 Å². The minimum Gasteiger partial charge on any atom is -0.387 e. The summed E-state index contributed by atoms with van der Waals surface area (Å²) in [6.45, 7) is 0.345. The normalized spacial score (nSPS) is 18.7. The van der Waals surface area contributed by atoms with Crippen LogP contribution in [-0.2, 0) is 16.2 Å². The molecule has 2 aromatic heterocycles. The van der Waals surface area contributed by atoms with Crippen molar-refractivity contribution in [1.82, 2.24) is 19.7 Å². The zero-order chi connectivity index (χ0) is 25.2. The molecule has 0 saturated carbocycles. The van der Waals surface area contributed by atoms with Gasteiger partial charge in [-0.2, -0.15) is 5.10 Å². The van der Waals surface area contributed by atoms with Crippen molar-refractivity contribution in [2.45, 2.75) is 50.7 Å². The number of carbonyl (C=O) groups excluding carboxylic acids is 1. The van der Waals surface area contributed by atoms with Gasteiger partial charge in [0.2, 0.25) is 5.91 Å². The van der Waals surface area contributed by atoms with Crippen molar-refractivity contribution in [2.75, 3.05) is 13.1 Å². The first kappa shape index (κ1) is 24.4. The number of hydrogen-bond donors (Lipinski definition) is 0. The molecule has 1 amide bonds. The van der Waals surface area contributed by atoms with Crippen LogP contribution in [0.25, 0.3) is 0 Å². The number of piperidine rings is 1. The van der Waals surface area contributed by atoms with Crippen LogP contribution in [0.3, 0.4) is 0 Å². The second-order valence-electron chi connectivity index (χ2n) is 8.73. The highest BCUT2D eigenvalue weighted by atomic mass is 32.1. The van der Waals surface area contributed by atoms with Crippen LogP contribution in [0.4, 0.5) is 17.6 Å². The van der Waals surface area contributed by atoms with Crippen LogP contribution in [-0.4, -0.2) is 44.4 Å². The molecule has 1 fully saturated rings. The fourth-order valence-electron chi connectivity index (χ4n) is 4.45. The lowest BCUT2D eigenvalue weighted by Gasteiger charge is -2.31. The zero-order valence-electron chi connectivity index (χ0n) is 19.1. The molecular formula is C24H23F4N5O2S. The summed E-state index contributed by atoms with van der Waals surface area (Å²) in [6, 6.07) is 10.5. The molecule has 1 aromatic carbocycles. The molecule has 7 nitrogen and oxygen atoms in total. The average molecular weight is 522 g/mol. The van der Waals surface area contributed by atoms with Gasteiger partial charge in [-0.1, -0.05) is 35.5 Å². The highest BCUT2D eigenvalue weighted by Gasteiger charge is 2.30. The second kappa shape index (κ2) is 10.4. The number of amides is 1. The minimum atomic E-state index is -3.00. The van der Waals surface area contributed by atoms with Crippen LogP contribution in [0.15, 0.2) is 46.9 Å². The third kappa shape index (κ3) is 5.13. The zero-order valence-corrected chi connectivity index (χ0v) is 19.9. The first-order chi connectivity index (χ1) is 17.4. The van der Waals surface area contributed by atoms with Crippen molar-refractivity contribution < 1.29 is 27.2 Å². The van der Waals surface area contributed by atoms with Gasteiger partial charge in [-0.25, -0.2) is 22.5 Å². The first-order valence-corrected chi connectivity index (χ1v) is 12.4. The predicted octanol–water partition coefficient (Wildman–Crippen LogP) is 5.49. The molecule has 1 atom stereocenters. The van der Waals surface area contributed by atoms with Gasteiger partial charge in [-0.3, -0.25) is 9.48 Å². The molecule has 0 spiro atoms. The fraction of sp³-hybridized carbons (Fsp3) is 0.417. The second-order valence-corrected chi connectivity index (χ2v) is 9.62. The van der Waals surface area contributed by atoms with E-state index in [2.05, 4.69) is 10.3 Å². The van der Waals surface area contributed by atoms with E-state index in [1.54, 1.807) is 16.2 Å². The third-order valence-electron chi connectivity index (χ3n) is 6.42. The van der Waals surface area contributed by atoms with E-state index in [4.69, 9.17) is 9.82 Å². The maximum atomic E-state index is 13.2. The third-order valence-corrected chi connectivity index (χ3v) is 7.42. The number of oxime groups is 1. The molecule has 0 bridgehead atoms. The standard InChI is InChI=1S/C24H23F4N5O2S/c25-22(26)17-10-19(23(27)28)33(30-17)12-21(34)32-8-6-15(7-9-32)24-29-18(13-36-24)16-11-20(35-31-16)14-4-2-1-3-5-14/h1-5,10,13,15,20,22-23H,6-9,11-12H2. The molecule has 2 aliphatic rings. The van der Waals surface area contributed by atoms with Gasteiger partial charge in [0.15, 0.2) is 6.10 Å². The summed E-state index contributed by atoms with van der Waals surface area (Å²) in [5, 5.41) is 10.7. The Hall–Kier alpha value is -3.28. The Kier molecular flexibility index (Phi) is 7.04. The highest BCUT2D eigenvalue weighted by molar-refractivity contribution is 7.10. The van der Waals surface area contributed by atoms with Crippen molar-refractivity contribution in [3.63, 3.8) is 0 Å². The molecule has 2 aliphatic heterocycles. The molecule has 36 heavy (non-hydrogen) atoms. The van der Waals surface area contributed by atoms with Crippen molar-refractivity contribution >= 4 is 23.0 Å². The van der Waals surface area contributed by atoms with Gasteiger partial charge in [0, 0.05) is 30.8 Å². The highest BCUT2D eigenvalue weighted by Crippen LogP contribution is 2.34. The lowest BCUT2D eigenvalue weighted by molar-refractivity contribution is -0.133. The summed E-state index contributed by atoms with van der Waals surface area (Å²) in [5.41, 5.74) is 1.21. The van der Waals surface area contributed by atoms with Crippen LogP contribution in [0, 0.1) is 0 Å².